The van der Waals surface area contributed by atoms with Gasteiger partial charge in [0.15, 0.2) is 15.7 Å². The smallest absolute Gasteiger partial charge is 0.341 e. The lowest BCUT2D eigenvalue weighted by Gasteiger charge is -2.21. The maximum absolute atomic E-state index is 14.0. The second kappa shape index (κ2) is 6.09. The highest BCUT2D eigenvalue weighted by Gasteiger charge is 2.29. The molecule has 4 nitrogen and oxygen atoms in total. The second-order valence-corrected chi connectivity index (χ2v) is 7.33. The van der Waals surface area contributed by atoms with Crippen molar-refractivity contribution in [3.05, 3.63) is 29.3 Å². The summed E-state index contributed by atoms with van der Waals surface area (Å²) in [5, 5.41) is 8.78. The zero-order valence-corrected chi connectivity index (χ0v) is 12.1. The third-order valence-corrected chi connectivity index (χ3v) is 5.68. The summed E-state index contributed by atoms with van der Waals surface area (Å²) in [5.41, 5.74) is -1.22. The molecule has 0 atom stereocenters. The number of halogens is 2. The molecule has 0 heterocycles. The molecule has 1 aromatic rings. The van der Waals surface area contributed by atoms with E-state index in [1.807, 2.05) is 0 Å². The Morgan fingerprint density at radius 2 is 1.81 bits per heavy atom. The van der Waals surface area contributed by atoms with Gasteiger partial charge in [-0.15, -0.1) is 0 Å². The molecule has 1 aliphatic rings. The first-order valence-corrected chi connectivity index (χ1v) is 8.42. The summed E-state index contributed by atoms with van der Waals surface area (Å²) in [4.78, 5) is 10.1. The highest BCUT2D eigenvalue weighted by atomic mass is 32.2. The van der Waals surface area contributed by atoms with Gasteiger partial charge in [-0.3, -0.25) is 0 Å². The predicted octanol–water partition coefficient (Wildman–Crippen LogP) is 3.02. The molecule has 0 radical (unpaired) electrons. The van der Waals surface area contributed by atoms with Gasteiger partial charge in [0.25, 0.3) is 0 Å². The predicted molar refractivity (Wildman–Crippen MR) is 71.9 cm³/mol. The van der Waals surface area contributed by atoms with Crippen LogP contribution >= 0.6 is 0 Å². The Kier molecular flexibility index (Phi) is 4.61. The van der Waals surface area contributed by atoms with Gasteiger partial charge in [-0.2, -0.15) is 0 Å². The molecule has 1 aromatic carbocycles. The zero-order valence-electron chi connectivity index (χ0n) is 11.3. The Balaban J connectivity index is 2.36. The van der Waals surface area contributed by atoms with E-state index in [0.29, 0.717) is 6.07 Å². The fourth-order valence-electron chi connectivity index (χ4n) is 2.72. The fraction of sp³-hybridized carbons (Fsp3) is 0.500. The number of hydrogen-bond donors (Lipinski definition) is 1. The number of carboxylic acids is 1. The topological polar surface area (TPSA) is 71.4 Å². The maximum atomic E-state index is 14.0. The number of sulfone groups is 1. The molecule has 0 aliphatic heterocycles. The number of benzene rings is 1. The second-order valence-electron chi connectivity index (χ2n) is 5.33. The van der Waals surface area contributed by atoms with E-state index in [1.54, 1.807) is 0 Å². The van der Waals surface area contributed by atoms with Crippen molar-refractivity contribution in [1.82, 2.24) is 0 Å². The van der Waals surface area contributed by atoms with Crippen molar-refractivity contribution in [2.75, 3.05) is 5.75 Å². The highest BCUT2D eigenvalue weighted by Crippen LogP contribution is 2.29. The summed E-state index contributed by atoms with van der Waals surface area (Å²) >= 11 is 0. The van der Waals surface area contributed by atoms with E-state index >= 15 is 0 Å². The van der Waals surface area contributed by atoms with E-state index in [4.69, 9.17) is 5.11 Å². The molecule has 7 heteroatoms. The van der Waals surface area contributed by atoms with E-state index in [-0.39, 0.29) is 11.7 Å². The van der Waals surface area contributed by atoms with Crippen LogP contribution < -0.4 is 0 Å². The van der Waals surface area contributed by atoms with Crippen LogP contribution in [0, 0.1) is 17.6 Å². The molecular weight excluding hydrogens is 302 g/mol. The number of carboxylic acid groups (broad SMARTS) is 1. The first kappa shape index (κ1) is 15.9. The van der Waals surface area contributed by atoms with Crippen LogP contribution in [-0.2, 0) is 9.84 Å². The molecule has 0 amide bonds. The third-order valence-electron chi connectivity index (χ3n) is 3.78. The highest BCUT2D eigenvalue weighted by molar-refractivity contribution is 7.91. The van der Waals surface area contributed by atoms with Crippen molar-refractivity contribution in [2.45, 2.75) is 37.0 Å². The van der Waals surface area contributed by atoms with Crippen molar-refractivity contribution in [3.8, 4) is 0 Å². The molecule has 1 fully saturated rings. The van der Waals surface area contributed by atoms with Crippen LogP contribution in [0.3, 0.4) is 0 Å². The van der Waals surface area contributed by atoms with Crippen LogP contribution in [0.25, 0.3) is 0 Å². The van der Waals surface area contributed by atoms with E-state index in [2.05, 4.69) is 0 Å². The Morgan fingerprint density at radius 1 is 1.19 bits per heavy atom. The molecule has 0 bridgehead atoms. The largest absolute Gasteiger partial charge is 0.477 e. The van der Waals surface area contributed by atoms with Gasteiger partial charge in [0.05, 0.1) is 5.75 Å². The van der Waals surface area contributed by atoms with Crippen molar-refractivity contribution < 1.29 is 27.1 Å². The van der Waals surface area contributed by atoms with Gasteiger partial charge in [0, 0.05) is 0 Å². The molecule has 1 saturated carbocycles. The quantitative estimate of drug-likeness (QED) is 0.866. The molecule has 1 N–H and O–H groups in total. The van der Waals surface area contributed by atoms with Crippen molar-refractivity contribution in [2.24, 2.45) is 5.92 Å². The van der Waals surface area contributed by atoms with Gasteiger partial charge in [-0.1, -0.05) is 19.3 Å². The summed E-state index contributed by atoms with van der Waals surface area (Å²) < 4.78 is 51.9. The normalized spacial score (nSPS) is 16.9. The number of carbonyl (C=O) groups is 1. The lowest BCUT2D eigenvalue weighted by Crippen LogP contribution is -2.21. The van der Waals surface area contributed by atoms with Gasteiger partial charge in [0.1, 0.15) is 16.3 Å². The molecule has 1 aliphatic carbocycles. The minimum absolute atomic E-state index is 0.0542. The lowest BCUT2D eigenvalue weighted by atomic mass is 9.91. The monoisotopic (exact) mass is 318 g/mol. The van der Waals surface area contributed by atoms with Gasteiger partial charge >= 0.3 is 5.97 Å². The van der Waals surface area contributed by atoms with Crippen LogP contribution in [0.5, 0.6) is 0 Å². The molecule has 2 rings (SSSR count). The van der Waals surface area contributed by atoms with E-state index < -0.39 is 37.9 Å². The fourth-order valence-corrected chi connectivity index (χ4v) is 4.51. The van der Waals surface area contributed by atoms with E-state index in [0.717, 1.165) is 38.2 Å². The number of aromatic carboxylic acids is 1. The van der Waals surface area contributed by atoms with Crippen LogP contribution in [-0.4, -0.2) is 25.2 Å². The molecular formula is C14H16F2O4S. The molecule has 116 valence electrons. The Labute approximate surface area is 121 Å². The standard InChI is InChI=1S/C14H16F2O4S/c15-10-6-7-11(13(16)12(10)14(17)18)21(19,20)8-9-4-2-1-3-5-9/h6-7,9H,1-5,8H2,(H,17,18). The molecule has 0 saturated heterocycles. The van der Waals surface area contributed by atoms with Crippen molar-refractivity contribution >= 4 is 15.8 Å². The van der Waals surface area contributed by atoms with E-state index in [1.165, 1.54) is 0 Å². The van der Waals surface area contributed by atoms with Crippen molar-refractivity contribution in [3.63, 3.8) is 0 Å². The van der Waals surface area contributed by atoms with Gasteiger partial charge in [0.2, 0.25) is 0 Å². The van der Waals surface area contributed by atoms with Crippen LogP contribution in [0.15, 0.2) is 17.0 Å². The Bertz CT molecular complexity index is 649. The Hall–Kier alpha value is -1.50. The third kappa shape index (κ3) is 3.40. The van der Waals surface area contributed by atoms with Gasteiger partial charge in [-0.05, 0) is 30.9 Å². The summed E-state index contributed by atoms with van der Waals surface area (Å²) in [5.74, 6) is -4.90. The maximum Gasteiger partial charge on any atom is 0.341 e. The summed E-state index contributed by atoms with van der Waals surface area (Å²) in [6.07, 6.45) is 4.45. The van der Waals surface area contributed by atoms with Crippen LogP contribution in [0.2, 0.25) is 0 Å². The minimum Gasteiger partial charge on any atom is -0.477 e. The lowest BCUT2D eigenvalue weighted by molar-refractivity contribution is 0.0685. The number of hydrogen-bond acceptors (Lipinski definition) is 3. The average Bonchev–Trinajstić information content (AvgIpc) is 2.38. The van der Waals surface area contributed by atoms with E-state index in [9.17, 15) is 22.0 Å². The summed E-state index contributed by atoms with van der Waals surface area (Å²) in [6, 6.07) is 1.48. The first-order valence-electron chi connectivity index (χ1n) is 6.77. The minimum atomic E-state index is -3.97. The summed E-state index contributed by atoms with van der Waals surface area (Å²) in [7, 11) is -3.97. The van der Waals surface area contributed by atoms with Crippen LogP contribution in [0.1, 0.15) is 42.5 Å². The molecule has 21 heavy (non-hydrogen) atoms. The average molecular weight is 318 g/mol. The number of rotatable bonds is 4. The summed E-state index contributed by atoms with van der Waals surface area (Å²) in [6.45, 7) is 0. The SMILES string of the molecule is O=C(O)c1c(F)ccc(S(=O)(=O)CC2CCCCC2)c1F. The first-order chi connectivity index (χ1) is 9.83. The molecule has 0 spiro atoms. The van der Waals surface area contributed by atoms with Gasteiger partial charge < -0.3 is 5.11 Å². The van der Waals surface area contributed by atoms with Crippen LogP contribution in [0.4, 0.5) is 8.78 Å². The van der Waals surface area contributed by atoms with Crippen molar-refractivity contribution in [1.29, 1.82) is 0 Å². The zero-order chi connectivity index (χ0) is 15.6. The molecule has 0 aromatic heterocycles. The molecule has 0 unspecified atom stereocenters. The van der Waals surface area contributed by atoms with Gasteiger partial charge in [-0.25, -0.2) is 22.0 Å². The Morgan fingerprint density at radius 3 is 2.38 bits per heavy atom.